The molecule has 0 aromatic heterocycles. The fourth-order valence-corrected chi connectivity index (χ4v) is 3.05. The van der Waals surface area contributed by atoms with Crippen LogP contribution in [0.2, 0.25) is 0 Å². The van der Waals surface area contributed by atoms with Gasteiger partial charge in [-0.2, -0.15) is 0 Å². The molecule has 1 heterocycles. The summed E-state index contributed by atoms with van der Waals surface area (Å²) in [5.74, 6) is -2.25. The molecule has 1 atom stereocenters. The Kier molecular flexibility index (Phi) is 4.96. The van der Waals surface area contributed by atoms with Gasteiger partial charge < -0.3 is 30.3 Å². The molecule has 2 aromatic carbocycles. The van der Waals surface area contributed by atoms with E-state index in [4.69, 9.17) is 9.84 Å². The first-order valence-electron chi connectivity index (χ1n) is 8.36. The lowest BCUT2D eigenvalue weighted by atomic mass is 9.86. The van der Waals surface area contributed by atoms with E-state index in [0.29, 0.717) is 5.57 Å². The van der Waals surface area contributed by atoms with Crippen LogP contribution in [0.3, 0.4) is 0 Å². The summed E-state index contributed by atoms with van der Waals surface area (Å²) in [5.41, 5.74) is 1.00. The smallest absolute Gasteiger partial charge is 0.181 e. The van der Waals surface area contributed by atoms with Crippen LogP contribution in [0, 0.1) is 0 Å². The number of rotatable bonds is 4. The minimum Gasteiger partial charge on any atom is -0.508 e. The number of aromatic hydroxyl groups is 4. The molecule has 1 unspecified atom stereocenters. The average Bonchev–Trinajstić information content (AvgIpc) is 2.62. The van der Waals surface area contributed by atoms with Crippen LogP contribution in [0.5, 0.6) is 28.7 Å². The average molecular weight is 372 g/mol. The molecule has 0 bridgehead atoms. The highest BCUT2D eigenvalue weighted by Crippen LogP contribution is 2.45. The summed E-state index contributed by atoms with van der Waals surface area (Å²) in [7, 11) is 0. The molecule has 3 rings (SSSR count). The number of carbonyl (C=O) groups excluding carboxylic acids is 1. The third kappa shape index (κ3) is 3.41. The Morgan fingerprint density at radius 1 is 1.19 bits per heavy atom. The van der Waals surface area contributed by atoms with Crippen LogP contribution in [0.15, 0.2) is 35.9 Å². The summed E-state index contributed by atoms with van der Waals surface area (Å²) >= 11 is 0. The van der Waals surface area contributed by atoms with Crippen LogP contribution in [0.4, 0.5) is 0 Å². The predicted octanol–water partition coefficient (Wildman–Crippen LogP) is 2.35. The molecule has 0 aliphatic carbocycles. The lowest BCUT2D eigenvalue weighted by Gasteiger charge is -2.26. The van der Waals surface area contributed by atoms with Crippen molar-refractivity contribution >= 4 is 5.78 Å². The van der Waals surface area contributed by atoms with Gasteiger partial charge >= 0.3 is 0 Å². The molecular formula is C20H20O7. The van der Waals surface area contributed by atoms with E-state index in [2.05, 4.69) is 0 Å². The number of aliphatic hydroxyl groups is 1. The van der Waals surface area contributed by atoms with Crippen LogP contribution < -0.4 is 4.74 Å². The molecular weight excluding hydrogens is 352 g/mol. The van der Waals surface area contributed by atoms with Gasteiger partial charge in [0, 0.05) is 23.3 Å². The van der Waals surface area contributed by atoms with E-state index in [9.17, 15) is 25.2 Å². The van der Waals surface area contributed by atoms with Crippen LogP contribution in [-0.2, 0) is 6.42 Å². The highest BCUT2D eigenvalue weighted by molar-refractivity contribution is 6.07. The van der Waals surface area contributed by atoms with Gasteiger partial charge in [-0.1, -0.05) is 17.7 Å². The topological polar surface area (TPSA) is 127 Å². The number of aliphatic hydroxyl groups excluding tert-OH is 1. The lowest BCUT2D eigenvalue weighted by molar-refractivity contribution is 0.0889. The summed E-state index contributed by atoms with van der Waals surface area (Å²) in [6.07, 6.45) is 1.76. The summed E-state index contributed by atoms with van der Waals surface area (Å²) in [4.78, 5) is 13.0. The van der Waals surface area contributed by atoms with Gasteiger partial charge in [0.1, 0.15) is 40.9 Å². The molecule has 1 aliphatic heterocycles. The van der Waals surface area contributed by atoms with Crippen LogP contribution in [0.1, 0.15) is 34.3 Å². The molecule has 0 amide bonds. The van der Waals surface area contributed by atoms with Crippen LogP contribution in [-0.4, -0.2) is 44.5 Å². The Bertz CT molecular complexity index is 930. The minimum atomic E-state index is -0.865. The normalized spacial score (nSPS) is 16.7. The fourth-order valence-electron chi connectivity index (χ4n) is 3.05. The molecule has 0 saturated heterocycles. The standard InChI is InChI=1S/C20H20O7/c1-10(8-21)2-4-13-16(24)7-17-18(19(13)25)20(26)14(9-27-17)12-5-3-11(22)6-15(12)23/h2-3,5-7,14,21-25H,4,8-9H2,1H3/b10-2+. The lowest BCUT2D eigenvalue weighted by Crippen LogP contribution is -2.26. The maximum Gasteiger partial charge on any atom is 0.181 e. The van der Waals surface area contributed by atoms with E-state index in [0.717, 1.165) is 6.07 Å². The second-order valence-corrected chi connectivity index (χ2v) is 6.48. The van der Waals surface area contributed by atoms with Gasteiger partial charge in [0.05, 0.1) is 12.5 Å². The molecule has 0 saturated carbocycles. The third-order valence-electron chi connectivity index (χ3n) is 4.61. The van der Waals surface area contributed by atoms with E-state index in [1.165, 1.54) is 18.2 Å². The van der Waals surface area contributed by atoms with Crippen molar-refractivity contribution in [1.82, 2.24) is 0 Å². The van der Waals surface area contributed by atoms with Gasteiger partial charge in [0.15, 0.2) is 5.78 Å². The Labute approximate surface area is 155 Å². The van der Waals surface area contributed by atoms with Crippen LogP contribution in [0.25, 0.3) is 0 Å². The first kappa shape index (κ1) is 18.6. The number of phenols is 4. The van der Waals surface area contributed by atoms with Crippen molar-refractivity contribution in [1.29, 1.82) is 0 Å². The summed E-state index contributed by atoms with van der Waals surface area (Å²) in [6, 6.07) is 5.18. The van der Waals surface area contributed by atoms with Gasteiger partial charge in [0.25, 0.3) is 0 Å². The fraction of sp³-hybridized carbons (Fsp3) is 0.250. The second kappa shape index (κ2) is 7.20. The van der Waals surface area contributed by atoms with Crippen molar-refractivity contribution in [2.24, 2.45) is 0 Å². The Balaban J connectivity index is 2.03. The van der Waals surface area contributed by atoms with Crippen molar-refractivity contribution in [3.8, 4) is 28.7 Å². The molecule has 1 aliphatic rings. The van der Waals surface area contributed by atoms with Crippen molar-refractivity contribution < 1.29 is 35.1 Å². The van der Waals surface area contributed by atoms with Crippen LogP contribution >= 0.6 is 0 Å². The van der Waals surface area contributed by atoms with E-state index in [1.807, 2.05) is 0 Å². The third-order valence-corrected chi connectivity index (χ3v) is 4.61. The van der Waals surface area contributed by atoms with Gasteiger partial charge in [-0.15, -0.1) is 0 Å². The van der Waals surface area contributed by atoms with Crippen molar-refractivity contribution in [2.45, 2.75) is 19.3 Å². The summed E-state index contributed by atoms with van der Waals surface area (Å²) in [6.45, 7) is 1.47. The quantitative estimate of drug-likeness (QED) is 0.521. The maximum atomic E-state index is 13.0. The number of ether oxygens (including phenoxy) is 1. The van der Waals surface area contributed by atoms with Crippen molar-refractivity contribution in [3.05, 3.63) is 52.6 Å². The van der Waals surface area contributed by atoms with E-state index < -0.39 is 11.7 Å². The predicted molar refractivity (Wildman–Crippen MR) is 96.7 cm³/mol. The Morgan fingerprint density at radius 3 is 2.59 bits per heavy atom. The molecule has 0 fully saturated rings. The molecule has 27 heavy (non-hydrogen) atoms. The monoisotopic (exact) mass is 372 g/mol. The Hall–Kier alpha value is -3.19. The highest BCUT2D eigenvalue weighted by Gasteiger charge is 2.35. The van der Waals surface area contributed by atoms with E-state index in [-0.39, 0.29) is 65.1 Å². The van der Waals surface area contributed by atoms with E-state index >= 15 is 0 Å². The maximum absolute atomic E-state index is 13.0. The van der Waals surface area contributed by atoms with E-state index in [1.54, 1.807) is 13.0 Å². The van der Waals surface area contributed by atoms with Gasteiger partial charge in [0.2, 0.25) is 0 Å². The number of fused-ring (bicyclic) bond motifs is 1. The number of benzene rings is 2. The minimum absolute atomic E-state index is 0.0659. The first-order chi connectivity index (χ1) is 12.8. The van der Waals surface area contributed by atoms with Gasteiger partial charge in [-0.05, 0) is 19.4 Å². The molecule has 142 valence electrons. The number of hydrogen-bond donors (Lipinski definition) is 5. The van der Waals surface area contributed by atoms with Crippen molar-refractivity contribution in [2.75, 3.05) is 13.2 Å². The molecule has 7 heteroatoms. The second-order valence-electron chi connectivity index (χ2n) is 6.48. The largest absolute Gasteiger partial charge is 0.508 e. The zero-order valence-corrected chi connectivity index (χ0v) is 14.6. The molecule has 0 radical (unpaired) electrons. The zero-order valence-electron chi connectivity index (χ0n) is 14.6. The molecule has 2 aromatic rings. The molecule has 7 nitrogen and oxygen atoms in total. The van der Waals surface area contributed by atoms with Gasteiger partial charge in [-0.25, -0.2) is 0 Å². The van der Waals surface area contributed by atoms with Crippen molar-refractivity contribution in [3.63, 3.8) is 0 Å². The number of carbonyl (C=O) groups is 1. The summed E-state index contributed by atoms with van der Waals surface area (Å²) < 4.78 is 5.54. The number of ketones is 1. The Morgan fingerprint density at radius 2 is 1.93 bits per heavy atom. The summed E-state index contributed by atoms with van der Waals surface area (Å²) in [5, 5.41) is 49.3. The number of phenolic OH excluding ortho intramolecular Hbond substituents is 4. The number of Topliss-reactive ketones (excluding diaryl/α,β-unsaturated/α-hetero) is 1. The van der Waals surface area contributed by atoms with Gasteiger partial charge in [-0.3, -0.25) is 4.79 Å². The first-order valence-corrected chi connectivity index (χ1v) is 8.36. The highest BCUT2D eigenvalue weighted by atomic mass is 16.5. The number of allylic oxidation sites excluding steroid dienone is 1. The SMILES string of the molecule is C/C(=C\Cc1c(O)cc2c(c1O)C(=O)C(c1ccc(O)cc1O)CO2)CO. The zero-order chi connectivity index (χ0) is 19.7. The molecule has 0 spiro atoms. The number of hydrogen-bond acceptors (Lipinski definition) is 7. The molecule has 5 N–H and O–H groups in total.